The van der Waals surface area contributed by atoms with Crippen LogP contribution in [0.15, 0.2) is 42.5 Å². The fourth-order valence-electron chi connectivity index (χ4n) is 5.16. The third kappa shape index (κ3) is 10.5. The Morgan fingerprint density at radius 2 is 1.40 bits per heavy atom. The van der Waals surface area contributed by atoms with Gasteiger partial charge >= 0.3 is 6.09 Å². The van der Waals surface area contributed by atoms with Crippen molar-refractivity contribution in [3.05, 3.63) is 64.7 Å². The van der Waals surface area contributed by atoms with Gasteiger partial charge in [-0.15, -0.1) is 0 Å². The maximum Gasteiger partial charge on any atom is 0.408 e. The van der Waals surface area contributed by atoms with Crippen molar-refractivity contribution in [2.45, 2.75) is 119 Å². The molecule has 0 saturated carbocycles. The Kier molecular flexibility index (Phi) is 13.5. The lowest BCUT2D eigenvalue weighted by molar-refractivity contribution is -0.141. The zero-order valence-electron chi connectivity index (χ0n) is 27.3. The van der Waals surface area contributed by atoms with Gasteiger partial charge in [0, 0.05) is 12.2 Å². The van der Waals surface area contributed by atoms with E-state index in [1.165, 1.54) is 6.42 Å². The first-order valence-corrected chi connectivity index (χ1v) is 15.5. The molecule has 0 aliphatic heterocycles. The van der Waals surface area contributed by atoms with Crippen molar-refractivity contribution >= 4 is 23.6 Å². The molecular weight excluding hydrogens is 526 g/mol. The van der Waals surface area contributed by atoms with Crippen LogP contribution < -0.4 is 10.6 Å². The minimum Gasteiger partial charge on any atom is -0.444 e. The lowest BCUT2D eigenvalue weighted by atomic mass is 9.92. The topological polar surface area (TPSA) is 87.7 Å². The van der Waals surface area contributed by atoms with E-state index >= 15 is 0 Å². The molecular formula is C35H53N3O4. The highest BCUT2D eigenvalue weighted by Gasteiger charge is 2.38. The summed E-state index contributed by atoms with van der Waals surface area (Å²) in [5.41, 5.74) is 3.61. The highest BCUT2D eigenvalue weighted by Crippen LogP contribution is 2.31. The van der Waals surface area contributed by atoms with Crippen LogP contribution in [-0.4, -0.2) is 41.0 Å². The van der Waals surface area contributed by atoms with E-state index in [0.29, 0.717) is 12.2 Å². The van der Waals surface area contributed by atoms with E-state index < -0.39 is 23.8 Å². The van der Waals surface area contributed by atoms with Crippen molar-refractivity contribution in [2.75, 3.05) is 11.9 Å². The Labute approximate surface area is 253 Å². The monoisotopic (exact) mass is 579 g/mol. The van der Waals surface area contributed by atoms with E-state index in [2.05, 4.69) is 17.6 Å². The molecule has 0 spiro atoms. The molecule has 0 radical (unpaired) electrons. The molecule has 2 rings (SSSR count). The molecule has 0 heterocycles. The molecule has 2 unspecified atom stereocenters. The normalized spacial score (nSPS) is 12.9. The number of benzene rings is 2. The zero-order valence-corrected chi connectivity index (χ0v) is 27.3. The van der Waals surface area contributed by atoms with Crippen molar-refractivity contribution in [2.24, 2.45) is 5.92 Å². The molecule has 2 atom stereocenters. The number of hydrogen-bond donors (Lipinski definition) is 2. The Morgan fingerprint density at radius 3 is 1.98 bits per heavy atom. The van der Waals surface area contributed by atoms with Gasteiger partial charge in [0.1, 0.15) is 17.7 Å². The lowest BCUT2D eigenvalue weighted by Gasteiger charge is -2.37. The summed E-state index contributed by atoms with van der Waals surface area (Å²) in [6.07, 6.45) is 5.62. The predicted octanol–water partition coefficient (Wildman–Crippen LogP) is 8.03. The number of carbonyl (C=O) groups is 3. The number of ether oxygens (including phenoxy) is 1. The Morgan fingerprint density at radius 1 is 0.833 bits per heavy atom. The number of alkyl carbamates (subject to hydrolysis) is 1. The zero-order chi connectivity index (χ0) is 31.4. The van der Waals surface area contributed by atoms with Gasteiger partial charge in [0.05, 0.1) is 0 Å². The first-order chi connectivity index (χ1) is 19.8. The first-order valence-electron chi connectivity index (χ1n) is 15.5. The number of aryl methyl sites for hydroxylation is 3. The van der Waals surface area contributed by atoms with Crippen LogP contribution in [0.4, 0.5) is 10.5 Å². The number of nitrogens with zero attached hydrogens (tertiary/aromatic N) is 1. The van der Waals surface area contributed by atoms with Crippen LogP contribution in [0.5, 0.6) is 0 Å². The average molecular weight is 580 g/mol. The number of hydrogen-bond acceptors (Lipinski definition) is 4. The molecule has 42 heavy (non-hydrogen) atoms. The quantitative estimate of drug-likeness (QED) is 0.222. The maximum absolute atomic E-state index is 14.5. The van der Waals surface area contributed by atoms with Crippen LogP contribution in [0.25, 0.3) is 0 Å². The number of para-hydroxylation sites is 1. The molecule has 7 heteroatoms. The Balaban J connectivity index is 2.57. The summed E-state index contributed by atoms with van der Waals surface area (Å²) in [5.74, 6) is -0.798. The molecule has 2 aromatic carbocycles. The predicted molar refractivity (Wildman–Crippen MR) is 172 cm³/mol. The SMILES string of the molecule is CCCCCCCCN(C(=O)C(NC(=O)OC(C)(C)C)C(C)C)C(C(=O)Nc1ccccc1C)c1c(C)cccc1C. The van der Waals surface area contributed by atoms with Gasteiger partial charge in [0.15, 0.2) is 0 Å². The van der Waals surface area contributed by atoms with Gasteiger partial charge < -0.3 is 20.3 Å². The molecule has 0 aliphatic carbocycles. The fraction of sp³-hybridized carbons (Fsp3) is 0.571. The van der Waals surface area contributed by atoms with Crippen molar-refractivity contribution in [1.82, 2.24) is 10.2 Å². The van der Waals surface area contributed by atoms with E-state index in [9.17, 15) is 14.4 Å². The minimum absolute atomic E-state index is 0.227. The molecule has 0 aliphatic rings. The van der Waals surface area contributed by atoms with Crippen LogP contribution in [0, 0.1) is 26.7 Å². The highest BCUT2D eigenvalue weighted by molar-refractivity contribution is 5.99. The van der Waals surface area contributed by atoms with E-state index in [-0.39, 0.29) is 17.7 Å². The van der Waals surface area contributed by atoms with Crippen molar-refractivity contribution in [3.63, 3.8) is 0 Å². The molecule has 2 aromatic rings. The molecule has 2 N–H and O–H groups in total. The van der Waals surface area contributed by atoms with Crippen LogP contribution in [-0.2, 0) is 14.3 Å². The molecule has 0 bridgehead atoms. The summed E-state index contributed by atoms with van der Waals surface area (Å²) in [6.45, 7) is 17.6. The van der Waals surface area contributed by atoms with Crippen LogP contribution in [0.2, 0.25) is 0 Å². The molecule has 232 valence electrons. The average Bonchev–Trinajstić information content (AvgIpc) is 2.89. The smallest absolute Gasteiger partial charge is 0.408 e. The standard InChI is InChI=1S/C35H53N3O4/c1-10-11-12-13-14-17-23-38(33(40)30(24(2)3)37-34(41)42-35(7,8)9)31(29-26(5)20-18-21-27(29)6)32(39)36-28-22-16-15-19-25(28)4/h15-16,18-22,24,30-31H,10-14,17,23H2,1-9H3,(H,36,39)(H,37,41). The summed E-state index contributed by atoms with van der Waals surface area (Å²) in [4.78, 5) is 43.3. The van der Waals surface area contributed by atoms with Gasteiger partial charge in [-0.3, -0.25) is 9.59 Å². The second kappa shape index (κ2) is 16.3. The van der Waals surface area contributed by atoms with Crippen LogP contribution >= 0.6 is 0 Å². The Bertz CT molecular complexity index is 1160. The highest BCUT2D eigenvalue weighted by atomic mass is 16.6. The van der Waals surface area contributed by atoms with Gasteiger partial charge in [-0.1, -0.05) is 89.3 Å². The van der Waals surface area contributed by atoms with Crippen molar-refractivity contribution in [3.8, 4) is 0 Å². The number of nitrogens with one attached hydrogen (secondary N) is 2. The van der Waals surface area contributed by atoms with Gasteiger partial charge in [-0.05, 0) is 82.2 Å². The Hall–Kier alpha value is -3.35. The molecule has 3 amide bonds. The van der Waals surface area contributed by atoms with Crippen molar-refractivity contribution in [1.29, 1.82) is 0 Å². The van der Waals surface area contributed by atoms with Gasteiger partial charge in [0.2, 0.25) is 5.91 Å². The maximum atomic E-state index is 14.5. The second-order valence-electron chi connectivity index (χ2n) is 12.7. The number of amides is 3. The van der Waals surface area contributed by atoms with Crippen LogP contribution in [0.1, 0.15) is 108 Å². The van der Waals surface area contributed by atoms with E-state index in [1.807, 2.05) is 77.1 Å². The minimum atomic E-state index is -0.879. The second-order valence-corrected chi connectivity index (χ2v) is 12.7. The number of rotatable bonds is 14. The van der Waals surface area contributed by atoms with Crippen molar-refractivity contribution < 1.29 is 19.1 Å². The first kappa shape index (κ1) is 34.8. The van der Waals surface area contributed by atoms with E-state index in [0.717, 1.165) is 54.4 Å². The largest absolute Gasteiger partial charge is 0.444 e. The summed E-state index contributed by atoms with van der Waals surface area (Å²) in [5, 5.41) is 5.93. The molecule has 0 aromatic heterocycles. The third-order valence-electron chi connectivity index (χ3n) is 7.42. The lowest BCUT2D eigenvalue weighted by Crippen LogP contribution is -2.54. The third-order valence-corrected chi connectivity index (χ3v) is 7.42. The molecule has 0 saturated heterocycles. The molecule has 7 nitrogen and oxygen atoms in total. The molecule has 0 fully saturated rings. The number of unbranched alkanes of at least 4 members (excludes halogenated alkanes) is 5. The summed E-state index contributed by atoms with van der Waals surface area (Å²) >= 11 is 0. The van der Waals surface area contributed by atoms with E-state index in [1.54, 1.807) is 25.7 Å². The summed E-state index contributed by atoms with van der Waals surface area (Å²) in [7, 11) is 0. The summed E-state index contributed by atoms with van der Waals surface area (Å²) in [6, 6.07) is 11.8. The fourth-order valence-corrected chi connectivity index (χ4v) is 5.16. The van der Waals surface area contributed by atoms with E-state index in [4.69, 9.17) is 4.74 Å². The number of anilines is 1. The number of carbonyl (C=O) groups excluding carboxylic acids is 3. The van der Waals surface area contributed by atoms with Gasteiger partial charge in [-0.2, -0.15) is 0 Å². The van der Waals surface area contributed by atoms with Crippen LogP contribution in [0.3, 0.4) is 0 Å². The summed E-state index contributed by atoms with van der Waals surface area (Å²) < 4.78 is 5.51. The van der Waals surface area contributed by atoms with Gasteiger partial charge in [0.25, 0.3) is 5.91 Å². The van der Waals surface area contributed by atoms with Gasteiger partial charge in [-0.25, -0.2) is 4.79 Å².